The van der Waals surface area contributed by atoms with Gasteiger partial charge in [0.15, 0.2) is 11.6 Å². The van der Waals surface area contributed by atoms with Gasteiger partial charge in [0.2, 0.25) is 5.91 Å². The summed E-state index contributed by atoms with van der Waals surface area (Å²) in [6.45, 7) is 2.56. The second-order valence-electron chi connectivity index (χ2n) is 6.28. The van der Waals surface area contributed by atoms with Crippen LogP contribution in [0, 0.1) is 11.7 Å². The predicted molar refractivity (Wildman–Crippen MR) is 94.2 cm³/mol. The van der Waals surface area contributed by atoms with Gasteiger partial charge in [0.25, 0.3) is 0 Å². The molecule has 1 saturated carbocycles. The minimum Gasteiger partial charge on any atom is -0.488 e. The summed E-state index contributed by atoms with van der Waals surface area (Å²) >= 11 is 0. The third kappa shape index (κ3) is 5.33. The number of nitrogens with one attached hydrogen (secondary N) is 1. The highest BCUT2D eigenvalue weighted by Crippen LogP contribution is 2.32. The quantitative estimate of drug-likeness (QED) is 0.764. The maximum absolute atomic E-state index is 14.0. The van der Waals surface area contributed by atoms with Crippen molar-refractivity contribution in [1.82, 2.24) is 0 Å². The Balaban J connectivity index is 0.00000288. The number of hydrogen-bond donors (Lipinski definition) is 2. The lowest BCUT2D eigenvalue weighted by atomic mass is 9.74. The molecule has 0 aromatic heterocycles. The second kappa shape index (κ2) is 9.20. The molecule has 0 aliphatic heterocycles. The van der Waals surface area contributed by atoms with Crippen LogP contribution in [0.15, 0.2) is 18.2 Å². The highest BCUT2D eigenvalue weighted by Gasteiger charge is 2.37. The fraction of sp³-hybridized carbons (Fsp3) is 0.588. The Hall–Kier alpha value is -1.37. The molecular formula is C17H26ClFN2O3. The molecule has 0 spiro atoms. The number of rotatable bonds is 6. The molecular weight excluding hydrogens is 335 g/mol. The summed E-state index contributed by atoms with van der Waals surface area (Å²) in [5.41, 5.74) is 6.13. The standard InChI is InChI=1S/C17H25FN2O3.ClH/c1-17(19)8-4-3-5-13(17)16(21)20-12-6-7-15(14(18)11-12)23-10-9-22-2;/h6-7,11,13H,3-5,8-10,19H2,1-2H3,(H,20,21);1H. The highest BCUT2D eigenvalue weighted by atomic mass is 35.5. The third-order valence-electron chi connectivity index (χ3n) is 4.32. The number of hydrogen-bond acceptors (Lipinski definition) is 4. The largest absolute Gasteiger partial charge is 0.488 e. The van der Waals surface area contributed by atoms with E-state index in [2.05, 4.69) is 5.32 Å². The van der Waals surface area contributed by atoms with Crippen molar-refractivity contribution in [2.45, 2.75) is 38.1 Å². The van der Waals surface area contributed by atoms with Crippen LogP contribution in [-0.4, -0.2) is 31.8 Å². The van der Waals surface area contributed by atoms with Gasteiger partial charge in [-0.25, -0.2) is 4.39 Å². The molecule has 1 aliphatic rings. The Morgan fingerprint density at radius 3 is 2.79 bits per heavy atom. The van der Waals surface area contributed by atoms with E-state index in [0.717, 1.165) is 25.7 Å². The van der Waals surface area contributed by atoms with Gasteiger partial charge in [0.05, 0.1) is 12.5 Å². The monoisotopic (exact) mass is 360 g/mol. The summed E-state index contributed by atoms with van der Waals surface area (Å²) in [7, 11) is 1.55. The maximum Gasteiger partial charge on any atom is 0.229 e. The number of carbonyl (C=O) groups is 1. The molecule has 1 amide bonds. The summed E-state index contributed by atoms with van der Waals surface area (Å²) in [5, 5.41) is 2.76. The number of benzene rings is 1. The van der Waals surface area contributed by atoms with Crippen molar-refractivity contribution >= 4 is 24.0 Å². The van der Waals surface area contributed by atoms with Gasteiger partial charge >= 0.3 is 0 Å². The van der Waals surface area contributed by atoms with Gasteiger partial charge in [-0.15, -0.1) is 12.4 Å². The second-order valence-corrected chi connectivity index (χ2v) is 6.28. The molecule has 3 N–H and O–H groups in total. The van der Waals surface area contributed by atoms with Gasteiger partial charge in [-0.1, -0.05) is 12.8 Å². The van der Waals surface area contributed by atoms with E-state index in [1.807, 2.05) is 6.92 Å². The Morgan fingerprint density at radius 2 is 2.17 bits per heavy atom. The first-order valence-electron chi connectivity index (χ1n) is 7.95. The molecule has 2 unspecified atom stereocenters. The zero-order chi connectivity index (χ0) is 16.9. The van der Waals surface area contributed by atoms with E-state index in [9.17, 15) is 9.18 Å². The number of ether oxygens (including phenoxy) is 2. The fourth-order valence-electron chi connectivity index (χ4n) is 2.95. The summed E-state index contributed by atoms with van der Waals surface area (Å²) in [6.07, 6.45) is 3.62. The molecule has 136 valence electrons. The van der Waals surface area contributed by atoms with E-state index < -0.39 is 11.4 Å². The zero-order valence-electron chi connectivity index (χ0n) is 14.1. The van der Waals surface area contributed by atoms with E-state index in [0.29, 0.717) is 12.3 Å². The van der Waals surface area contributed by atoms with Crippen molar-refractivity contribution in [2.24, 2.45) is 11.7 Å². The molecule has 1 aliphatic carbocycles. The Morgan fingerprint density at radius 1 is 1.42 bits per heavy atom. The molecule has 0 saturated heterocycles. The molecule has 0 bridgehead atoms. The number of halogens is 2. The van der Waals surface area contributed by atoms with Crippen molar-refractivity contribution in [1.29, 1.82) is 0 Å². The van der Waals surface area contributed by atoms with Gasteiger partial charge < -0.3 is 20.5 Å². The minimum atomic E-state index is -0.516. The van der Waals surface area contributed by atoms with Crippen molar-refractivity contribution in [3.63, 3.8) is 0 Å². The van der Waals surface area contributed by atoms with Gasteiger partial charge in [-0.05, 0) is 31.9 Å². The fourth-order valence-corrected chi connectivity index (χ4v) is 2.95. The highest BCUT2D eigenvalue weighted by molar-refractivity contribution is 5.93. The van der Waals surface area contributed by atoms with E-state index in [1.54, 1.807) is 13.2 Å². The number of nitrogens with two attached hydrogens (primary N) is 1. The minimum absolute atomic E-state index is 0. The topological polar surface area (TPSA) is 73.6 Å². The van der Waals surface area contributed by atoms with E-state index >= 15 is 0 Å². The maximum atomic E-state index is 14.0. The van der Waals surface area contributed by atoms with Crippen molar-refractivity contribution in [3.8, 4) is 5.75 Å². The van der Waals surface area contributed by atoms with Crippen LogP contribution in [0.2, 0.25) is 0 Å². The molecule has 0 heterocycles. The van der Waals surface area contributed by atoms with Crippen molar-refractivity contribution in [2.75, 3.05) is 25.6 Å². The molecule has 0 radical (unpaired) electrons. The van der Waals surface area contributed by atoms with Crippen molar-refractivity contribution < 1.29 is 18.7 Å². The molecule has 24 heavy (non-hydrogen) atoms. The van der Waals surface area contributed by atoms with Gasteiger partial charge in [-0.2, -0.15) is 0 Å². The van der Waals surface area contributed by atoms with Crippen LogP contribution in [0.25, 0.3) is 0 Å². The number of amides is 1. The van der Waals surface area contributed by atoms with Crippen LogP contribution in [0.5, 0.6) is 5.75 Å². The van der Waals surface area contributed by atoms with E-state index in [-0.39, 0.29) is 36.6 Å². The lowest BCUT2D eigenvalue weighted by Gasteiger charge is -2.37. The molecule has 1 aromatic rings. The summed E-state index contributed by atoms with van der Waals surface area (Å²) in [4.78, 5) is 12.4. The Labute approximate surface area is 148 Å². The Bertz CT molecular complexity index is 555. The Kier molecular flexibility index (Phi) is 7.93. The molecule has 2 atom stereocenters. The smallest absolute Gasteiger partial charge is 0.229 e. The van der Waals surface area contributed by atoms with Gasteiger partial charge in [-0.3, -0.25) is 4.79 Å². The normalized spacial score (nSPS) is 23.2. The van der Waals surface area contributed by atoms with Crippen LogP contribution in [0.4, 0.5) is 10.1 Å². The van der Waals surface area contributed by atoms with Crippen LogP contribution < -0.4 is 15.8 Å². The molecule has 2 rings (SSSR count). The zero-order valence-corrected chi connectivity index (χ0v) is 15.0. The SMILES string of the molecule is COCCOc1ccc(NC(=O)C2CCCCC2(C)N)cc1F.Cl. The van der Waals surface area contributed by atoms with Gasteiger partial charge in [0, 0.05) is 24.4 Å². The average molecular weight is 361 g/mol. The predicted octanol–water partition coefficient (Wildman–Crippen LogP) is 3.12. The summed E-state index contributed by atoms with van der Waals surface area (Å²) < 4.78 is 24.1. The summed E-state index contributed by atoms with van der Waals surface area (Å²) in [6, 6.07) is 4.39. The lowest BCUT2D eigenvalue weighted by Crippen LogP contribution is -2.51. The van der Waals surface area contributed by atoms with E-state index in [4.69, 9.17) is 15.2 Å². The van der Waals surface area contributed by atoms with Gasteiger partial charge in [0.1, 0.15) is 6.61 Å². The van der Waals surface area contributed by atoms with Crippen LogP contribution in [-0.2, 0) is 9.53 Å². The molecule has 7 heteroatoms. The first-order chi connectivity index (χ1) is 10.9. The number of anilines is 1. The first-order valence-corrected chi connectivity index (χ1v) is 7.95. The number of carbonyl (C=O) groups excluding carboxylic acids is 1. The summed E-state index contributed by atoms with van der Waals surface area (Å²) in [5.74, 6) is -0.779. The third-order valence-corrected chi connectivity index (χ3v) is 4.32. The first kappa shape index (κ1) is 20.7. The van der Waals surface area contributed by atoms with Crippen LogP contribution in [0.1, 0.15) is 32.6 Å². The lowest BCUT2D eigenvalue weighted by molar-refractivity contribution is -0.122. The van der Waals surface area contributed by atoms with Crippen LogP contribution >= 0.6 is 12.4 Å². The average Bonchev–Trinajstić information content (AvgIpc) is 2.49. The number of methoxy groups -OCH3 is 1. The molecule has 1 aromatic carbocycles. The molecule has 5 nitrogen and oxygen atoms in total. The van der Waals surface area contributed by atoms with Crippen molar-refractivity contribution in [3.05, 3.63) is 24.0 Å². The van der Waals surface area contributed by atoms with Crippen LogP contribution in [0.3, 0.4) is 0 Å². The van der Waals surface area contributed by atoms with E-state index in [1.165, 1.54) is 12.1 Å². The molecule has 1 fully saturated rings.